The molecule has 2 rings (SSSR count). The monoisotopic (exact) mass is 330 g/mol. The first-order valence-corrected chi connectivity index (χ1v) is 8.21. The molecule has 20 heavy (non-hydrogen) atoms. The van der Waals surface area contributed by atoms with Crippen LogP contribution >= 0.6 is 15.9 Å². The van der Waals surface area contributed by atoms with E-state index in [-0.39, 0.29) is 5.41 Å². The van der Waals surface area contributed by atoms with Crippen molar-refractivity contribution in [3.63, 3.8) is 0 Å². The van der Waals surface area contributed by atoms with Crippen molar-refractivity contribution in [2.24, 2.45) is 0 Å². The quantitative estimate of drug-likeness (QED) is 0.568. The number of hydrogen-bond acceptors (Lipinski definition) is 0. The van der Waals surface area contributed by atoms with Crippen LogP contribution in [-0.4, -0.2) is 0 Å². The van der Waals surface area contributed by atoms with E-state index in [1.54, 1.807) is 0 Å². The highest BCUT2D eigenvalue weighted by molar-refractivity contribution is 9.11. The summed E-state index contributed by atoms with van der Waals surface area (Å²) in [4.78, 5) is 0. The van der Waals surface area contributed by atoms with E-state index in [2.05, 4.69) is 71.9 Å². The van der Waals surface area contributed by atoms with E-state index in [0.717, 1.165) is 4.48 Å². The zero-order chi connectivity index (χ0) is 14.4. The molecule has 0 spiro atoms. The Kier molecular flexibility index (Phi) is 5.42. The molecule has 1 heteroatoms. The smallest absolute Gasteiger partial charge is 0.0169 e. The van der Waals surface area contributed by atoms with Crippen LogP contribution in [0.15, 0.2) is 65.2 Å². The van der Waals surface area contributed by atoms with E-state index < -0.39 is 0 Å². The Hall–Kier alpha value is -1.08. The van der Waals surface area contributed by atoms with Gasteiger partial charge in [-0.25, -0.2) is 0 Å². The first-order chi connectivity index (χ1) is 9.69. The van der Waals surface area contributed by atoms with Crippen LogP contribution < -0.4 is 0 Å². The molecule has 0 radical (unpaired) electrons. The van der Waals surface area contributed by atoms with Gasteiger partial charge in [-0.1, -0.05) is 89.8 Å². The second-order valence-corrected chi connectivity index (χ2v) is 6.53. The minimum Gasteiger partial charge on any atom is -0.0979 e. The summed E-state index contributed by atoms with van der Waals surface area (Å²) in [5.41, 5.74) is 3.16. The zero-order valence-electron chi connectivity index (χ0n) is 12.2. The van der Waals surface area contributed by atoms with Crippen molar-refractivity contribution in [2.45, 2.75) is 44.4 Å². The minimum absolute atomic E-state index is 0.227. The molecule has 0 bridgehead atoms. The van der Waals surface area contributed by atoms with Gasteiger partial charge in [-0.15, -0.1) is 0 Å². The van der Waals surface area contributed by atoms with E-state index in [1.807, 2.05) is 6.08 Å². The highest BCUT2D eigenvalue weighted by Gasteiger charge is 2.34. The van der Waals surface area contributed by atoms with E-state index in [0.29, 0.717) is 0 Å². The van der Waals surface area contributed by atoms with Gasteiger partial charge in [0.05, 0.1) is 0 Å². The van der Waals surface area contributed by atoms with Gasteiger partial charge in [0.2, 0.25) is 0 Å². The molecule has 1 aliphatic rings. The Morgan fingerprint density at radius 3 is 2.35 bits per heavy atom. The zero-order valence-corrected chi connectivity index (χ0v) is 13.8. The Labute approximate surface area is 131 Å². The summed E-state index contributed by atoms with van der Waals surface area (Å²) >= 11 is 3.50. The lowest BCUT2D eigenvalue weighted by atomic mass is 9.65. The summed E-state index contributed by atoms with van der Waals surface area (Å²) in [6, 6.07) is 11.0. The number of allylic oxidation sites excluding steroid dienone is 5. The SMILES string of the molecule is C=C/C(Br)=C\C=C(/C)C1(c2ccccc2)CCCCC1. The highest BCUT2D eigenvalue weighted by Crippen LogP contribution is 2.44. The van der Waals surface area contributed by atoms with Crippen LogP contribution in [0.3, 0.4) is 0 Å². The van der Waals surface area contributed by atoms with Crippen LogP contribution in [0.5, 0.6) is 0 Å². The van der Waals surface area contributed by atoms with Crippen LogP contribution in [0, 0.1) is 0 Å². The Bertz CT molecular complexity index is 502. The molecule has 0 atom stereocenters. The standard InChI is InChI=1S/C19H23Br/c1-3-18(20)13-12-16(2)19(14-8-5-9-15-19)17-10-6-4-7-11-17/h3-4,6-7,10-13H,1,5,8-9,14-15H2,2H3/b16-12+,18-13+. The summed E-state index contributed by atoms with van der Waals surface area (Å²) < 4.78 is 1.04. The molecular formula is C19H23Br. The van der Waals surface area contributed by atoms with Gasteiger partial charge in [-0.2, -0.15) is 0 Å². The molecule has 0 aromatic heterocycles. The number of hydrogen-bond donors (Lipinski definition) is 0. The molecule has 0 aliphatic heterocycles. The van der Waals surface area contributed by atoms with Crippen LogP contribution in [0.2, 0.25) is 0 Å². The molecule has 106 valence electrons. The second-order valence-electron chi connectivity index (χ2n) is 5.61. The lowest BCUT2D eigenvalue weighted by molar-refractivity contribution is 0.339. The normalized spacial score (nSPS) is 19.7. The minimum atomic E-state index is 0.227. The predicted octanol–water partition coefficient (Wildman–Crippen LogP) is 6.30. The fourth-order valence-corrected chi connectivity index (χ4v) is 3.39. The van der Waals surface area contributed by atoms with Gasteiger partial charge in [0, 0.05) is 9.90 Å². The van der Waals surface area contributed by atoms with Crippen LogP contribution in [0.4, 0.5) is 0 Å². The van der Waals surface area contributed by atoms with Gasteiger partial charge in [0.25, 0.3) is 0 Å². The fraction of sp³-hybridized carbons (Fsp3) is 0.368. The topological polar surface area (TPSA) is 0 Å². The molecule has 0 heterocycles. The van der Waals surface area contributed by atoms with Crippen molar-refractivity contribution >= 4 is 15.9 Å². The van der Waals surface area contributed by atoms with Gasteiger partial charge in [0.15, 0.2) is 0 Å². The Morgan fingerprint density at radius 2 is 1.75 bits per heavy atom. The van der Waals surface area contributed by atoms with E-state index in [4.69, 9.17) is 0 Å². The third kappa shape index (κ3) is 3.32. The first kappa shape index (κ1) is 15.3. The molecular weight excluding hydrogens is 308 g/mol. The third-order valence-electron chi connectivity index (χ3n) is 4.48. The van der Waals surface area contributed by atoms with Gasteiger partial charge in [-0.3, -0.25) is 0 Å². The highest BCUT2D eigenvalue weighted by atomic mass is 79.9. The maximum atomic E-state index is 3.78. The van der Waals surface area contributed by atoms with Gasteiger partial charge in [0.1, 0.15) is 0 Å². The molecule has 0 saturated heterocycles. The van der Waals surface area contributed by atoms with Crippen LogP contribution in [-0.2, 0) is 5.41 Å². The second kappa shape index (κ2) is 7.08. The van der Waals surface area contributed by atoms with Crippen molar-refractivity contribution < 1.29 is 0 Å². The average molecular weight is 331 g/mol. The van der Waals surface area contributed by atoms with Crippen molar-refractivity contribution in [1.29, 1.82) is 0 Å². The Balaban J connectivity index is 2.40. The van der Waals surface area contributed by atoms with Gasteiger partial charge < -0.3 is 0 Å². The van der Waals surface area contributed by atoms with E-state index in [9.17, 15) is 0 Å². The maximum absolute atomic E-state index is 3.78. The van der Waals surface area contributed by atoms with Crippen LogP contribution in [0.25, 0.3) is 0 Å². The molecule has 1 aromatic rings. The maximum Gasteiger partial charge on any atom is 0.0169 e. The molecule has 0 N–H and O–H groups in total. The van der Waals surface area contributed by atoms with Gasteiger partial charge in [-0.05, 0) is 31.4 Å². The van der Waals surface area contributed by atoms with Gasteiger partial charge >= 0.3 is 0 Å². The number of benzene rings is 1. The number of halogens is 1. The van der Waals surface area contributed by atoms with E-state index in [1.165, 1.54) is 43.2 Å². The lowest BCUT2D eigenvalue weighted by Crippen LogP contribution is -2.30. The molecule has 0 unspecified atom stereocenters. The molecule has 1 fully saturated rings. The molecule has 0 amide bonds. The van der Waals surface area contributed by atoms with Crippen molar-refractivity contribution in [3.05, 3.63) is 70.8 Å². The lowest BCUT2D eigenvalue weighted by Gasteiger charge is -2.39. The van der Waals surface area contributed by atoms with Crippen molar-refractivity contribution in [1.82, 2.24) is 0 Å². The third-order valence-corrected chi connectivity index (χ3v) is 5.06. The molecule has 1 aliphatic carbocycles. The molecule has 1 aromatic carbocycles. The molecule has 1 saturated carbocycles. The molecule has 0 nitrogen and oxygen atoms in total. The van der Waals surface area contributed by atoms with Crippen molar-refractivity contribution in [3.8, 4) is 0 Å². The van der Waals surface area contributed by atoms with Crippen LogP contribution in [0.1, 0.15) is 44.6 Å². The predicted molar refractivity (Wildman–Crippen MR) is 92.2 cm³/mol. The average Bonchev–Trinajstić information content (AvgIpc) is 2.53. The summed E-state index contributed by atoms with van der Waals surface area (Å²) in [6.07, 6.45) is 12.7. The Morgan fingerprint density at radius 1 is 1.10 bits per heavy atom. The van der Waals surface area contributed by atoms with E-state index >= 15 is 0 Å². The summed E-state index contributed by atoms with van der Waals surface area (Å²) in [6.45, 7) is 6.06. The fourth-order valence-electron chi connectivity index (χ4n) is 3.26. The number of rotatable bonds is 4. The first-order valence-electron chi connectivity index (χ1n) is 7.41. The van der Waals surface area contributed by atoms with Crippen molar-refractivity contribution in [2.75, 3.05) is 0 Å². The summed E-state index contributed by atoms with van der Waals surface area (Å²) in [5.74, 6) is 0. The summed E-state index contributed by atoms with van der Waals surface area (Å²) in [5, 5.41) is 0. The largest absolute Gasteiger partial charge is 0.0979 e. The summed E-state index contributed by atoms with van der Waals surface area (Å²) in [7, 11) is 0.